The summed E-state index contributed by atoms with van der Waals surface area (Å²) < 4.78 is 2.23. The summed E-state index contributed by atoms with van der Waals surface area (Å²) in [6.45, 7) is 3.70. The van der Waals surface area contributed by atoms with Gasteiger partial charge in [0.25, 0.3) is 0 Å². The second-order valence-corrected chi connectivity index (χ2v) is 3.75. The number of aryl methyl sites for hydroxylation is 2. The maximum absolute atomic E-state index is 11.4. The Hall–Kier alpha value is -1.10. The summed E-state index contributed by atoms with van der Waals surface area (Å²) in [5.41, 5.74) is 2.25. The molecule has 2 rings (SSSR count). The van der Waals surface area contributed by atoms with Crippen molar-refractivity contribution in [3.63, 3.8) is 0 Å². The van der Waals surface area contributed by atoms with E-state index >= 15 is 0 Å². The van der Waals surface area contributed by atoms with Crippen LogP contribution in [0.2, 0.25) is 0 Å². The van der Waals surface area contributed by atoms with E-state index in [4.69, 9.17) is 0 Å². The van der Waals surface area contributed by atoms with Crippen LogP contribution >= 0.6 is 15.9 Å². The second kappa shape index (κ2) is 2.70. The van der Waals surface area contributed by atoms with Crippen molar-refractivity contribution in [1.82, 2.24) is 14.6 Å². The first-order valence-corrected chi connectivity index (χ1v) is 4.63. The summed E-state index contributed by atoms with van der Waals surface area (Å²) in [5, 5.41) is 4.08. The molecule has 0 aliphatic rings. The molecule has 68 valence electrons. The lowest BCUT2D eigenvalue weighted by Gasteiger charge is -1.94. The first kappa shape index (κ1) is 8.50. The topological polar surface area (TPSA) is 50.2 Å². The molecule has 0 aliphatic heterocycles. The lowest BCUT2D eigenvalue weighted by Crippen LogP contribution is -2.17. The lowest BCUT2D eigenvalue weighted by molar-refractivity contribution is 0.842. The molecule has 0 fully saturated rings. The fourth-order valence-electron chi connectivity index (χ4n) is 1.27. The molecule has 0 bridgehead atoms. The van der Waals surface area contributed by atoms with Crippen LogP contribution in [0.3, 0.4) is 0 Å². The number of H-pyrrole nitrogens is 1. The fraction of sp³-hybridized carbons (Fsp3) is 0.250. The average Bonchev–Trinajstić information content (AvgIpc) is 2.32. The van der Waals surface area contributed by atoms with Crippen molar-refractivity contribution in [1.29, 1.82) is 0 Å². The largest absolute Gasteiger partial charge is 0.346 e. The number of hydrogen-bond donors (Lipinski definition) is 1. The summed E-state index contributed by atoms with van der Waals surface area (Å²) in [7, 11) is 0. The zero-order chi connectivity index (χ0) is 9.59. The van der Waals surface area contributed by atoms with Crippen LogP contribution in [0.4, 0.5) is 0 Å². The van der Waals surface area contributed by atoms with Crippen LogP contribution < -0.4 is 5.69 Å². The van der Waals surface area contributed by atoms with Crippen molar-refractivity contribution < 1.29 is 0 Å². The quantitative estimate of drug-likeness (QED) is 0.759. The van der Waals surface area contributed by atoms with Crippen LogP contribution in [0.1, 0.15) is 11.4 Å². The van der Waals surface area contributed by atoms with Gasteiger partial charge in [-0.15, -0.1) is 0 Å². The van der Waals surface area contributed by atoms with Gasteiger partial charge in [-0.3, -0.25) is 0 Å². The van der Waals surface area contributed by atoms with Crippen molar-refractivity contribution >= 4 is 21.4 Å². The van der Waals surface area contributed by atoms with Crippen LogP contribution in [0.5, 0.6) is 0 Å². The number of fused-ring (bicyclic) bond motifs is 1. The third-order valence-corrected chi connectivity index (χ3v) is 2.85. The molecule has 5 heteroatoms. The van der Waals surface area contributed by atoms with Crippen LogP contribution in [0.15, 0.2) is 15.3 Å². The Labute approximate surface area is 82.7 Å². The fourth-order valence-corrected chi connectivity index (χ4v) is 1.63. The van der Waals surface area contributed by atoms with Gasteiger partial charge in [0.05, 0.1) is 15.7 Å². The summed E-state index contributed by atoms with van der Waals surface area (Å²) in [6, 6.07) is 1.88. The predicted molar refractivity (Wildman–Crippen MR) is 53.0 cm³/mol. The van der Waals surface area contributed by atoms with E-state index in [9.17, 15) is 4.79 Å². The number of aromatic nitrogens is 3. The Balaban J connectivity index is 3.03. The SMILES string of the molecule is Cc1cc2c(Br)c(C)nn2c(=O)[nH]1. The Morgan fingerprint density at radius 3 is 2.92 bits per heavy atom. The van der Waals surface area contributed by atoms with Gasteiger partial charge in [-0.25, -0.2) is 4.79 Å². The van der Waals surface area contributed by atoms with E-state index < -0.39 is 0 Å². The molecule has 0 saturated heterocycles. The molecule has 4 nitrogen and oxygen atoms in total. The van der Waals surface area contributed by atoms with Gasteiger partial charge in [0.15, 0.2) is 0 Å². The van der Waals surface area contributed by atoms with E-state index in [1.54, 1.807) is 0 Å². The van der Waals surface area contributed by atoms with E-state index in [0.717, 1.165) is 21.4 Å². The molecule has 0 atom stereocenters. The third-order valence-electron chi connectivity index (χ3n) is 1.87. The van der Waals surface area contributed by atoms with Crippen LogP contribution in [-0.4, -0.2) is 14.6 Å². The highest BCUT2D eigenvalue weighted by Crippen LogP contribution is 2.20. The zero-order valence-corrected chi connectivity index (χ0v) is 8.84. The van der Waals surface area contributed by atoms with Crippen molar-refractivity contribution in [2.45, 2.75) is 13.8 Å². The van der Waals surface area contributed by atoms with Gasteiger partial charge in [-0.05, 0) is 35.8 Å². The molecule has 0 unspecified atom stereocenters. The first-order chi connectivity index (χ1) is 6.09. The van der Waals surface area contributed by atoms with Gasteiger partial charge in [0, 0.05) is 5.69 Å². The number of halogens is 1. The van der Waals surface area contributed by atoms with Crippen molar-refractivity contribution in [3.05, 3.63) is 32.4 Å². The molecular formula is C8H8BrN3O. The van der Waals surface area contributed by atoms with Crippen LogP contribution in [0.25, 0.3) is 5.52 Å². The van der Waals surface area contributed by atoms with E-state index in [1.807, 2.05) is 19.9 Å². The Bertz CT molecular complexity index is 526. The third kappa shape index (κ3) is 1.19. The lowest BCUT2D eigenvalue weighted by atomic mass is 10.3. The number of nitrogens with zero attached hydrogens (tertiary/aromatic N) is 2. The molecule has 2 aromatic heterocycles. The molecular weight excluding hydrogens is 234 g/mol. The minimum absolute atomic E-state index is 0.205. The predicted octanol–water partition coefficient (Wildman–Crippen LogP) is 1.40. The Morgan fingerprint density at radius 1 is 1.54 bits per heavy atom. The van der Waals surface area contributed by atoms with Gasteiger partial charge >= 0.3 is 5.69 Å². The minimum Gasteiger partial charge on any atom is -0.310 e. The summed E-state index contributed by atoms with van der Waals surface area (Å²) >= 11 is 3.38. The summed E-state index contributed by atoms with van der Waals surface area (Å²) in [5.74, 6) is 0. The first-order valence-electron chi connectivity index (χ1n) is 3.84. The average molecular weight is 242 g/mol. The van der Waals surface area contributed by atoms with Gasteiger partial charge in [-0.1, -0.05) is 0 Å². The number of nitrogens with one attached hydrogen (secondary N) is 1. The monoisotopic (exact) mass is 241 g/mol. The van der Waals surface area contributed by atoms with Crippen molar-refractivity contribution in [3.8, 4) is 0 Å². The molecule has 0 radical (unpaired) electrons. The highest BCUT2D eigenvalue weighted by molar-refractivity contribution is 9.10. The second-order valence-electron chi connectivity index (χ2n) is 2.95. The van der Waals surface area contributed by atoms with Crippen LogP contribution in [-0.2, 0) is 0 Å². The van der Waals surface area contributed by atoms with E-state index in [1.165, 1.54) is 4.52 Å². The molecule has 0 aliphatic carbocycles. The number of aromatic amines is 1. The summed E-state index contributed by atoms with van der Waals surface area (Å²) in [6.07, 6.45) is 0. The Morgan fingerprint density at radius 2 is 2.23 bits per heavy atom. The van der Waals surface area contributed by atoms with E-state index in [2.05, 4.69) is 26.0 Å². The number of rotatable bonds is 0. The molecule has 0 saturated carbocycles. The molecule has 0 spiro atoms. The molecule has 13 heavy (non-hydrogen) atoms. The van der Waals surface area contributed by atoms with Gasteiger partial charge < -0.3 is 4.98 Å². The normalized spacial score (nSPS) is 11.0. The number of hydrogen-bond acceptors (Lipinski definition) is 2. The van der Waals surface area contributed by atoms with E-state index in [0.29, 0.717) is 0 Å². The molecule has 2 aromatic rings. The molecule has 0 aromatic carbocycles. The highest BCUT2D eigenvalue weighted by Gasteiger charge is 2.08. The summed E-state index contributed by atoms with van der Waals surface area (Å²) in [4.78, 5) is 14.1. The molecule has 0 amide bonds. The standard InChI is InChI=1S/C8H8BrN3O/c1-4-3-6-7(9)5(2)11-12(6)8(13)10-4/h3H,1-2H3,(H,10,13). The Kier molecular flexibility index (Phi) is 1.76. The maximum atomic E-state index is 11.4. The maximum Gasteiger partial charge on any atom is 0.346 e. The molecule has 2 heterocycles. The minimum atomic E-state index is -0.205. The van der Waals surface area contributed by atoms with Crippen molar-refractivity contribution in [2.75, 3.05) is 0 Å². The highest BCUT2D eigenvalue weighted by atomic mass is 79.9. The van der Waals surface area contributed by atoms with Crippen molar-refractivity contribution in [2.24, 2.45) is 0 Å². The smallest absolute Gasteiger partial charge is 0.310 e. The van der Waals surface area contributed by atoms with Gasteiger partial charge in [-0.2, -0.15) is 9.61 Å². The zero-order valence-electron chi connectivity index (χ0n) is 7.26. The van der Waals surface area contributed by atoms with Crippen LogP contribution in [0, 0.1) is 13.8 Å². The van der Waals surface area contributed by atoms with E-state index in [-0.39, 0.29) is 5.69 Å². The van der Waals surface area contributed by atoms with Gasteiger partial charge in [0.2, 0.25) is 0 Å². The molecule has 1 N–H and O–H groups in total. The van der Waals surface area contributed by atoms with Gasteiger partial charge in [0.1, 0.15) is 0 Å².